The fraction of sp³-hybridized carbons (Fsp3) is 0.310. The van der Waals surface area contributed by atoms with Gasteiger partial charge in [0.15, 0.2) is 5.72 Å². The van der Waals surface area contributed by atoms with Crippen LogP contribution < -0.4 is 15.0 Å². The smallest absolute Gasteiger partial charge is 0.325 e. The molecular formula is C29H30N4O3. The monoisotopic (exact) mass is 482 g/mol. The molecule has 2 saturated heterocycles. The van der Waals surface area contributed by atoms with Crippen molar-refractivity contribution in [2.75, 3.05) is 31.1 Å². The first kappa shape index (κ1) is 22.6. The Morgan fingerprint density at radius 3 is 2.53 bits per heavy atom. The minimum atomic E-state index is -0.841. The van der Waals surface area contributed by atoms with Gasteiger partial charge >= 0.3 is 6.03 Å². The molecule has 0 spiro atoms. The molecule has 3 aromatic rings. The van der Waals surface area contributed by atoms with E-state index in [2.05, 4.69) is 34.5 Å². The zero-order chi connectivity index (χ0) is 24.7. The number of carbonyl (C=O) groups excluding carboxylic acids is 2. The molecule has 0 aliphatic carbocycles. The Labute approximate surface area is 211 Å². The highest BCUT2D eigenvalue weighted by Crippen LogP contribution is 2.45. The third-order valence-electron chi connectivity index (χ3n) is 7.44. The predicted molar refractivity (Wildman–Crippen MR) is 138 cm³/mol. The first-order chi connectivity index (χ1) is 17.5. The Morgan fingerprint density at radius 2 is 1.72 bits per heavy atom. The maximum absolute atomic E-state index is 13.4. The van der Waals surface area contributed by atoms with Crippen molar-refractivity contribution in [3.63, 3.8) is 0 Å². The van der Waals surface area contributed by atoms with Gasteiger partial charge in [0.25, 0.3) is 5.91 Å². The maximum atomic E-state index is 13.4. The molecule has 3 aromatic carbocycles. The van der Waals surface area contributed by atoms with Gasteiger partial charge in [-0.15, -0.1) is 0 Å². The lowest BCUT2D eigenvalue weighted by atomic mass is 9.90. The number of anilines is 1. The van der Waals surface area contributed by atoms with Gasteiger partial charge in [0.05, 0.1) is 11.7 Å². The summed E-state index contributed by atoms with van der Waals surface area (Å²) in [5, 5.41) is 3.12. The number of urea groups is 1. The molecule has 3 aliphatic rings. The number of ether oxygens (including phenoxy) is 1. The summed E-state index contributed by atoms with van der Waals surface area (Å²) in [6, 6.07) is 25.3. The maximum Gasteiger partial charge on any atom is 0.325 e. The van der Waals surface area contributed by atoms with Crippen molar-refractivity contribution in [1.82, 2.24) is 15.1 Å². The third-order valence-corrected chi connectivity index (χ3v) is 7.44. The summed E-state index contributed by atoms with van der Waals surface area (Å²) in [6.45, 7) is 5.86. The largest absolute Gasteiger partial charge is 0.467 e. The van der Waals surface area contributed by atoms with Crippen molar-refractivity contribution in [1.29, 1.82) is 0 Å². The first-order valence-electron chi connectivity index (χ1n) is 12.5. The molecule has 2 atom stereocenters. The summed E-state index contributed by atoms with van der Waals surface area (Å²) in [4.78, 5) is 32.6. The van der Waals surface area contributed by atoms with Crippen molar-refractivity contribution in [3.8, 4) is 5.75 Å². The SMILES string of the molecule is CC12CC(NC(=O)N1c1cccc(C(=O)N3CCN(Cc4ccccc4)CC3)c1)c1ccccc1O2. The molecule has 1 N–H and O–H groups in total. The summed E-state index contributed by atoms with van der Waals surface area (Å²) in [6.07, 6.45) is 0.622. The van der Waals surface area contributed by atoms with Gasteiger partial charge in [0.1, 0.15) is 5.75 Å². The van der Waals surface area contributed by atoms with Crippen LogP contribution in [0.4, 0.5) is 10.5 Å². The molecule has 3 heterocycles. The molecule has 36 heavy (non-hydrogen) atoms. The van der Waals surface area contributed by atoms with E-state index < -0.39 is 5.72 Å². The van der Waals surface area contributed by atoms with Crippen LogP contribution in [0.2, 0.25) is 0 Å². The summed E-state index contributed by atoms with van der Waals surface area (Å²) >= 11 is 0. The van der Waals surface area contributed by atoms with Crippen LogP contribution in [-0.2, 0) is 6.54 Å². The molecule has 6 rings (SSSR count). The molecule has 3 amide bonds. The van der Waals surface area contributed by atoms with E-state index in [1.807, 2.05) is 66.4 Å². The van der Waals surface area contributed by atoms with E-state index in [0.717, 1.165) is 30.9 Å². The van der Waals surface area contributed by atoms with E-state index >= 15 is 0 Å². The van der Waals surface area contributed by atoms with Crippen LogP contribution in [0.1, 0.15) is 40.9 Å². The average molecular weight is 483 g/mol. The van der Waals surface area contributed by atoms with E-state index in [4.69, 9.17) is 4.74 Å². The van der Waals surface area contributed by atoms with Crippen molar-refractivity contribution >= 4 is 17.6 Å². The normalized spacial score (nSPS) is 23.5. The Kier molecular flexibility index (Phi) is 5.64. The second-order valence-electron chi connectivity index (χ2n) is 9.96. The van der Waals surface area contributed by atoms with Gasteiger partial charge in [-0.2, -0.15) is 0 Å². The third kappa shape index (κ3) is 4.09. The lowest BCUT2D eigenvalue weighted by Gasteiger charge is -2.50. The molecule has 3 aliphatic heterocycles. The van der Waals surface area contributed by atoms with Crippen molar-refractivity contribution in [2.45, 2.75) is 31.7 Å². The van der Waals surface area contributed by atoms with Gasteiger partial charge in [-0.05, 0) is 36.8 Å². The standard InChI is InChI=1S/C29H30N4O3/c1-29-19-25(24-12-5-6-13-26(24)36-29)30-28(35)33(29)23-11-7-10-22(18-23)27(34)32-16-14-31(15-17-32)20-21-8-3-2-4-9-21/h2-13,18,25H,14-17,19-20H2,1H3,(H,30,35). The van der Waals surface area contributed by atoms with Crippen LogP contribution in [0.25, 0.3) is 0 Å². The van der Waals surface area contributed by atoms with E-state index in [1.165, 1.54) is 5.56 Å². The van der Waals surface area contributed by atoms with Crippen molar-refractivity contribution in [3.05, 3.63) is 95.6 Å². The second-order valence-corrected chi connectivity index (χ2v) is 9.96. The summed E-state index contributed by atoms with van der Waals surface area (Å²) < 4.78 is 6.37. The number of carbonyl (C=O) groups is 2. The molecule has 7 nitrogen and oxygen atoms in total. The van der Waals surface area contributed by atoms with E-state index in [0.29, 0.717) is 30.8 Å². The number of piperazine rings is 1. The molecule has 2 bridgehead atoms. The Hall–Kier alpha value is -3.84. The van der Waals surface area contributed by atoms with E-state index in [1.54, 1.807) is 4.90 Å². The van der Waals surface area contributed by atoms with Crippen LogP contribution in [0.3, 0.4) is 0 Å². The van der Waals surface area contributed by atoms with Crippen LogP contribution in [0, 0.1) is 0 Å². The van der Waals surface area contributed by atoms with Gasteiger partial charge in [0, 0.05) is 50.3 Å². The fourth-order valence-corrected chi connectivity index (χ4v) is 5.62. The molecule has 2 unspecified atom stereocenters. The van der Waals surface area contributed by atoms with Gasteiger partial charge in [-0.3, -0.25) is 14.6 Å². The first-order valence-corrected chi connectivity index (χ1v) is 12.5. The number of amides is 3. The van der Waals surface area contributed by atoms with Crippen molar-refractivity contribution in [2.24, 2.45) is 0 Å². The number of hydrogen-bond acceptors (Lipinski definition) is 4. The lowest BCUT2D eigenvalue weighted by Crippen LogP contribution is -2.65. The van der Waals surface area contributed by atoms with Crippen LogP contribution in [-0.4, -0.2) is 53.6 Å². The number of para-hydroxylation sites is 1. The zero-order valence-corrected chi connectivity index (χ0v) is 20.4. The van der Waals surface area contributed by atoms with E-state index in [9.17, 15) is 9.59 Å². The lowest BCUT2D eigenvalue weighted by molar-refractivity contribution is 0.0378. The molecule has 184 valence electrons. The molecule has 2 fully saturated rings. The number of nitrogens with zero attached hydrogens (tertiary/aromatic N) is 3. The highest BCUT2D eigenvalue weighted by Gasteiger charge is 2.49. The summed E-state index contributed by atoms with van der Waals surface area (Å²) in [5.74, 6) is 0.772. The highest BCUT2D eigenvalue weighted by atomic mass is 16.5. The number of fused-ring (bicyclic) bond motifs is 4. The molecule has 7 heteroatoms. The van der Waals surface area contributed by atoms with Crippen LogP contribution in [0.15, 0.2) is 78.9 Å². The molecule has 0 radical (unpaired) electrons. The Morgan fingerprint density at radius 1 is 0.972 bits per heavy atom. The quantitative estimate of drug-likeness (QED) is 0.598. The number of rotatable bonds is 4. The van der Waals surface area contributed by atoms with E-state index in [-0.39, 0.29) is 18.0 Å². The fourth-order valence-electron chi connectivity index (χ4n) is 5.62. The van der Waals surface area contributed by atoms with Crippen LogP contribution >= 0.6 is 0 Å². The molecule has 0 saturated carbocycles. The topological polar surface area (TPSA) is 65.1 Å². The number of nitrogens with one attached hydrogen (secondary N) is 1. The molecular weight excluding hydrogens is 452 g/mol. The molecule has 0 aromatic heterocycles. The Bertz CT molecular complexity index is 1290. The highest BCUT2D eigenvalue weighted by molar-refractivity contribution is 5.99. The summed E-state index contributed by atoms with van der Waals surface area (Å²) in [7, 11) is 0. The van der Waals surface area contributed by atoms with Gasteiger partial charge in [-0.25, -0.2) is 4.79 Å². The minimum absolute atomic E-state index is 0.00781. The predicted octanol–water partition coefficient (Wildman–Crippen LogP) is 4.41. The minimum Gasteiger partial charge on any atom is -0.467 e. The van der Waals surface area contributed by atoms with Crippen molar-refractivity contribution < 1.29 is 14.3 Å². The van der Waals surface area contributed by atoms with Gasteiger partial charge < -0.3 is 15.0 Å². The van der Waals surface area contributed by atoms with Gasteiger partial charge in [0.2, 0.25) is 0 Å². The van der Waals surface area contributed by atoms with Gasteiger partial charge in [-0.1, -0.05) is 54.6 Å². The summed E-state index contributed by atoms with van der Waals surface area (Å²) in [5.41, 5.74) is 2.68. The Balaban J connectivity index is 1.18. The zero-order valence-electron chi connectivity index (χ0n) is 20.4. The number of benzene rings is 3. The number of hydrogen-bond donors (Lipinski definition) is 1. The van der Waals surface area contributed by atoms with Crippen LogP contribution in [0.5, 0.6) is 5.75 Å². The second kappa shape index (κ2) is 8.99. The average Bonchev–Trinajstić information content (AvgIpc) is 2.89.